The highest BCUT2D eigenvalue weighted by atomic mass is 16.5. The summed E-state index contributed by atoms with van der Waals surface area (Å²) in [5.74, 6) is 1.35. The molecule has 5 nitrogen and oxygen atoms in total. The minimum absolute atomic E-state index is 0.200. The number of phenolic OH excluding ortho intramolecular Hbond substituents is 2. The van der Waals surface area contributed by atoms with Gasteiger partial charge in [0.1, 0.15) is 11.5 Å². The zero-order chi connectivity index (χ0) is 14.8. The van der Waals surface area contributed by atoms with E-state index in [4.69, 9.17) is 4.52 Å². The molecular formula is C16H14N2O3. The molecule has 1 heterocycles. The topological polar surface area (TPSA) is 79.4 Å². The molecule has 0 fully saturated rings. The van der Waals surface area contributed by atoms with E-state index in [0.717, 1.165) is 11.1 Å². The molecule has 5 heteroatoms. The molecule has 2 N–H and O–H groups in total. The van der Waals surface area contributed by atoms with Gasteiger partial charge in [0.25, 0.3) is 5.89 Å². The number of aromatic hydroxyl groups is 2. The van der Waals surface area contributed by atoms with E-state index in [2.05, 4.69) is 10.1 Å². The maximum Gasteiger partial charge on any atom is 0.258 e. The smallest absolute Gasteiger partial charge is 0.258 e. The zero-order valence-electron chi connectivity index (χ0n) is 11.4. The predicted octanol–water partition coefficient (Wildman–Crippen LogP) is 3.05. The van der Waals surface area contributed by atoms with Crippen molar-refractivity contribution in [3.63, 3.8) is 0 Å². The molecule has 0 aliphatic carbocycles. The Morgan fingerprint density at radius 3 is 2.52 bits per heavy atom. The first-order valence-corrected chi connectivity index (χ1v) is 6.52. The van der Waals surface area contributed by atoms with Gasteiger partial charge in [-0.3, -0.25) is 0 Å². The average Bonchev–Trinajstić information content (AvgIpc) is 2.93. The van der Waals surface area contributed by atoms with Crippen molar-refractivity contribution in [3.8, 4) is 23.0 Å². The van der Waals surface area contributed by atoms with Crippen LogP contribution in [0.3, 0.4) is 0 Å². The van der Waals surface area contributed by atoms with Crippen molar-refractivity contribution < 1.29 is 14.7 Å². The third-order valence-corrected chi connectivity index (χ3v) is 3.22. The third-order valence-electron chi connectivity index (χ3n) is 3.22. The van der Waals surface area contributed by atoms with Gasteiger partial charge in [-0.05, 0) is 42.3 Å². The Morgan fingerprint density at radius 1 is 1.05 bits per heavy atom. The lowest BCUT2D eigenvalue weighted by Gasteiger charge is -1.99. The monoisotopic (exact) mass is 282 g/mol. The molecule has 0 saturated carbocycles. The van der Waals surface area contributed by atoms with Crippen LogP contribution in [0, 0.1) is 6.92 Å². The molecule has 0 spiro atoms. The van der Waals surface area contributed by atoms with Gasteiger partial charge in [0.05, 0.1) is 0 Å². The van der Waals surface area contributed by atoms with Crippen LogP contribution < -0.4 is 0 Å². The van der Waals surface area contributed by atoms with Crippen LogP contribution in [-0.4, -0.2) is 20.4 Å². The van der Waals surface area contributed by atoms with Gasteiger partial charge in [-0.1, -0.05) is 23.4 Å². The molecule has 3 aromatic rings. The normalized spacial score (nSPS) is 10.7. The molecule has 0 atom stereocenters. The number of hydrogen-bond acceptors (Lipinski definition) is 5. The second kappa shape index (κ2) is 5.28. The van der Waals surface area contributed by atoms with Gasteiger partial charge in [0.2, 0.25) is 0 Å². The first kappa shape index (κ1) is 13.2. The summed E-state index contributed by atoms with van der Waals surface area (Å²) in [6.45, 7) is 1.82. The van der Waals surface area contributed by atoms with E-state index in [-0.39, 0.29) is 11.5 Å². The van der Waals surface area contributed by atoms with Crippen molar-refractivity contribution in [1.82, 2.24) is 10.1 Å². The number of aromatic nitrogens is 2. The van der Waals surface area contributed by atoms with Gasteiger partial charge < -0.3 is 14.7 Å². The Labute approximate surface area is 121 Å². The standard InChI is InChI=1S/C16H14N2O3/c1-10-2-5-12(9-14(10)20)16-17-15(18-21-16)8-11-3-6-13(19)7-4-11/h2-7,9,19-20H,8H2,1H3. The largest absolute Gasteiger partial charge is 0.508 e. The zero-order valence-corrected chi connectivity index (χ0v) is 11.4. The van der Waals surface area contributed by atoms with Gasteiger partial charge in [-0.2, -0.15) is 4.98 Å². The lowest BCUT2D eigenvalue weighted by molar-refractivity contribution is 0.423. The molecule has 0 aliphatic rings. The Bertz CT molecular complexity index is 763. The molecule has 0 radical (unpaired) electrons. The fourth-order valence-corrected chi connectivity index (χ4v) is 1.98. The lowest BCUT2D eigenvalue weighted by atomic mass is 10.1. The molecule has 106 valence electrons. The van der Waals surface area contributed by atoms with Crippen LogP contribution in [0.1, 0.15) is 17.0 Å². The lowest BCUT2D eigenvalue weighted by Crippen LogP contribution is -1.90. The van der Waals surface area contributed by atoms with Gasteiger partial charge in [0, 0.05) is 12.0 Å². The Morgan fingerprint density at radius 2 is 1.81 bits per heavy atom. The van der Waals surface area contributed by atoms with Crippen molar-refractivity contribution in [3.05, 3.63) is 59.4 Å². The fourth-order valence-electron chi connectivity index (χ4n) is 1.98. The number of nitrogens with zero attached hydrogens (tertiary/aromatic N) is 2. The van der Waals surface area contributed by atoms with Gasteiger partial charge in [-0.25, -0.2) is 0 Å². The molecule has 1 aromatic heterocycles. The highest BCUT2D eigenvalue weighted by Gasteiger charge is 2.10. The summed E-state index contributed by atoms with van der Waals surface area (Å²) in [6, 6.07) is 12.1. The predicted molar refractivity (Wildman–Crippen MR) is 77.0 cm³/mol. The van der Waals surface area contributed by atoms with Crippen molar-refractivity contribution in [2.45, 2.75) is 13.3 Å². The maximum absolute atomic E-state index is 9.72. The summed E-state index contributed by atoms with van der Waals surface area (Å²) in [7, 11) is 0. The summed E-state index contributed by atoms with van der Waals surface area (Å²) in [5, 5.41) is 22.9. The van der Waals surface area contributed by atoms with E-state index >= 15 is 0 Å². The Kier molecular flexibility index (Phi) is 3.31. The van der Waals surface area contributed by atoms with E-state index < -0.39 is 0 Å². The summed E-state index contributed by atoms with van der Waals surface area (Å²) in [4.78, 5) is 4.32. The van der Waals surface area contributed by atoms with Crippen LogP contribution in [0.5, 0.6) is 11.5 Å². The summed E-state index contributed by atoms with van der Waals surface area (Å²) in [6.07, 6.45) is 0.515. The van der Waals surface area contributed by atoms with Crippen LogP contribution in [0.2, 0.25) is 0 Å². The highest BCUT2D eigenvalue weighted by molar-refractivity contribution is 5.57. The number of aryl methyl sites for hydroxylation is 1. The second-order valence-electron chi connectivity index (χ2n) is 4.86. The Balaban J connectivity index is 1.82. The minimum Gasteiger partial charge on any atom is -0.508 e. The number of benzene rings is 2. The fraction of sp³-hybridized carbons (Fsp3) is 0.125. The number of phenols is 2. The van der Waals surface area contributed by atoms with Crippen molar-refractivity contribution in [2.75, 3.05) is 0 Å². The van der Waals surface area contributed by atoms with Gasteiger partial charge >= 0.3 is 0 Å². The molecule has 2 aromatic carbocycles. The Hall–Kier alpha value is -2.82. The van der Waals surface area contributed by atoms with E-state index in [1.54, 1.807) is 24.3 Å². The first-order chi connectivity index (χ1) is 10.1. The maximum atomic E-state index is 9.72. The number of rotatable bonds is 3. The van der Waals surface area contributed by atoms with Crippen molar-refractivity contribution in [2.24, 2.45) is 0 Å². The second-order valence-corrected chi connectivity index (χ2v) is 4.86. The third kappa shape index (κ3) is 2.86. The summed E-state index contributed by atoms with van der Waals surface area (Å²) in [5.41, 5.74) is 2.46. The molecule has 0 saturated heterocycles. The molecule has 0 amide bonds. The SMILES string of the molecule is Cc1ccc(-c2nc(Cc3ccc(O)cc3)no2)cc1O. The van der Waals surface area contributed by atoms with E-state index in [1.165, 1.54) is 0 Å². The molecule has 3 rings (SSSR count). The van der Waals surface area contributed by atoms with Crippen molar-refractivity contribution >= 4 is 0 Å². The van der Waals surface area contributed by atoms with Crippen LogP contribution in [-0.2, 0) is 6.42 Å². The van der Waals surface area contributed by atoms with E-state index in [1.807, 2.05) is 25.1 Å². The van der Waals surface area contributed by atoms with Gasteiger partial charge in [0.15, 0.2) is 5.82 Å². The van der Waals surface area contributed by atoms with E-state index in [9.17, 15) is 10.2 Å². The quantitative estimate of drug-likeness (QED) is 0.771. The number of hydrogen-bond donors (Lipinski definition) is 2. The molecule has 0 unspecified atom stereocenters. The summed E-state index contributed by atoms with van der Waals surface area (Å²) >= 11 is 0. The molecule has 0 bridgehead atoms. The van der Waals surface area contributed by atoms with Gasteiger partial charge in [-0.15, -0.1) is 0 Å². The van der Waals surface area contributed by atoms with Crippen LogP contribution in [0.4, 0.5) is 0 Å². The van der Waals surface area contributed by atoms with E-state index in [0.29, 0.717) is 23.7 Å². The minimum atomic E-state index is 0.200. The van der Waals surface area contributed by atoms with Crippen LogP contribution in [0.25, 0.3) is 11.5 Å². The highest BCUT2D eigenvalue weighted by Crippen LogP contribution is 2.25. The average molecular weight is 282 g/mol. The molecule has 21 heavy (non-hydrogen) atoms. The summed E-state index contributed by atoms with van der Waals surface area (Å²) < 4.78 is 5.22. The van der Waals surface area contributed by atoms with Crippen LogP contribution >= 0.6 is 0 Å². The molecule has 0 aliphatic heterocycles. The first-order valence-electron chi connectivity index (χ1n) is 6.52. The van der Waals surface area contributed by atoms with Crippen molar-refractivity contribution in [1.29, 1.82) is 0 Å². The van der Waals surface area contributed by atoms with Crippen LogP contribution in [0.15, 0.2) is 47.0 Å². The molecular weight excluding hydrogens is 268 g/mol.